The van der Waals surface area contributed by atoms with E-state index in [1.807, 2.05) is 27.0 Å². The predicted octanol–water partition coefficient (Wildman–Crippen LogP) is 1.13. The molecule has 0 spiro atoms. The lowest BCUT2D eigenvalue weighted by atomic mass is 10.2. The highest BCUT2D eigenvalue weighted by molar-refractivity contribution is 5.93. The maximum absolute atomic E-state index is 12.2. The van der Waals surface area contributed by atoms with Crippen LogP contribution in [0.25, 0.3) is 0 Å². The summed E-state index contributed by atoms with van der Waals surface area (Å²) in [6.45, 7) is 4.65. The zero-order valence-electron chi connectivity index (χ0n) is 11.8. The van der Waals surface area contributed by atoms with Crippen molar-refractivity contribution < 1.29 is 4.79 Å². The van der Waals surface area contributed by atoms with Crippen molar-refractivity contribution in [3.63, 3.8) is 0 Å². The van der Waals surface area contributed by atoms with Gasteiger partial charge in [-0.05, 0) is 26.0 Å². The number of amides is 1. The highest BCUT2D eigenvalue weighted by atomic mass is 16.1. The zero-order valence-corrected chi connectivity index (χ0v) is 11.8. The Morgan fingerprint density at radius 3 is 2.95 bits per heavy atom. The van der Waals surface area contributed by atoms with Crippen molar-refractivity contribution in [2.24, 2.45) is 7.05 Å². The van der Waals surface area contributed by atoms with E-state index >= 15 is 0 Å². The van der Waals surface area contributed by atoms with Gasteiger partial charge in [0.2, 0.25) is 0 Å². The molecule has 2 N–H and O–H groups in total. The number of hydrogen-bond donors (Lipinski definition) is 2. The third kappa shape index (κ3) is 3.11. The quantitative estimate of drug-likeness (QED) is 0.854. The molecule has 0 aliphatic rings. The molecule has 106 valence electrons. The first-order valence-corrected chi connectivity index (χ1v) is 6.46. The molecule has 7 nitrogen and oxygen atoms in total. The number of carbonyl (C=O) groups is 1. The molecule has 0 aliphatic carbocycles. The second-order valence-electron chi connectivity index (χ2n) is 4.46. The number of anilines is 1. The van der Waals surface area contributed by atoms with Gasteiger partial charge in [0.25, 0.3) is 5.91 Å². The topological polar surface area (TPSA) is 84.7 Å². The van der Waals surface area contributed by atoms with Crippen molar-refractivity contribution in [2.75, 3.05) is 11.9 Å². The fourth-order valence-electron chi connectivity index (χ4n) is 1.89. The van der Waals surface area contributed by atoms with Crippen molar-refractivity contribution in [3.05, 3.63) is 36.2 Å². The maximum atomic E-state index is 12.2. The van der Waals surface area contributed by atoms with E-state index in [0.717, 1.165) is 12.2 Å². The summed E-state index contributed by atoms with van der Waals surface area (Å²) in [6.07, 6.45) is 3.21. The number of aryl methyl sites for hydroxylation is 1. The summed E-state index contributed by atoms with van der Waals surface area (Å²) in [6, 6.07) is 3.31. The summed E-state index contributed by atoms with van der Waals surface area (Å²) in [5, 5.41) is 13.8. The molecule has 7 heteroatoms. The summed E-state index contributed by atoms with van der Waals surface area (Å²) in [7, 11) is 1.84. The minimum atomic E-state index is -0.236. The van der Waals surface area contributed by atoms with Gasteiger partial charge in [0, 0.05) is 25.5 Å². The van der Waals surface area contributed by atoms with E-state index in [4.69, 9.17) is 0 Å². The van der Waals surface area contributed by atoms with Crippen LogP contribution < -0.4 is 10.6 Å². The van der Waals surface area contributed by atoms with Crippen molar-refractivity contribution in [1.29, 1.82) is 0 Å². The molecule has 2 rings (SSSR count). The van der Waals surface area contributed by atoms with Crippen LogP contribution in [0.4, 0.5) is 5.69 Å². The van der Waals surface area contributed by atoms with Gasteiger partial charge in [0.05, 0.1) is 6.04 Å². The molecule has 1 atom stereocenters. The smallest absolute Gasteiger partial charge is 0.270 e. The normalized spacial score (nSPS) is 11.9. The van der Waals surface area contributed by atoms with Crippen LogP contribution in [0.3, 0.4) is 0 Å². The Morgan fingerprint density at radius 2 is 2.30 bits per heavy atom. The van der Waals surface area contributed by atoms with Gasteiger partial charge in [-0.25, -0.2) is 0 Å². The van der Waals surface area contributed by atoms with Crippen LogP contribution >= 0.6 is 0 Å². The molecule has 0 fully saturated rings. The van der Waals surface area contributed by atoms with Crippen LogP contribution in [-0.2, 0) is 7.05 Å². The molecule has 2 aromatic heterocycles. The molecule has 2 aromatic rings. The molecule has 20 heavy (non-hydrogen) atoms. The summed E-state index contributed by atoms with van der Waals surface area (Å²) >= 11 is 0. The standard InChI is InChI=1S/C13H18N6O/c1-4-14-10-5-6-15-11(7-10)13(20)17-9(2)12-18-16-8-19(12)3/h5-9H,4H2,1-3H3,(H,14,15)(H,17,20). The molecular weight excluding hydrogens is 256 g/mol. The van der Waals surface area contributed by atoms with Crippen molar-refractivity contribution in [2.45, 2.75) is 19.9 Å². The minimum absolute atomic E-state index is 0.236. The Labute approximate surface area is 117 Å². The first-order valence-electron chi connectivity index (χ1n) is 6.46. The Hall–Kier alpha value is -2.44. The molecule has 0 radical (unpaired) electrons. The number of rotatable bonds is 5. The number of nitrogens with zero attached hydrogens (tertiary/aromatic N) is 4. The van der Waals surface area contributed by atoms with E-state index in [-0.39, 0.29) is 11.9 Å². The minimum Gasteiger partial charge on any atom is -0.385 e. The molecule has 0 aliphatic heterocycles. The van der Waals surface area contributed by atoms with Gasteiger partial charge >= 0.3 is 0 Å². The highest BCUT2D eigenvalue weighted by Gasteiger charge is 2.16. The highest BCUT2D eigenvalue weighted by Crippen LogP contribution is 2.11. The van der Waals surface area contributed by atoms with Crippen LogP contribution in [0, 0.1) is 0 Å². The Bertz CT molecular complexity index is 594. The second-order valence-corrected chi connectivity index (χ2v) is 4.46. The third-order valence-electron chi connectivity index (χ3n) is 2.85. The first kappa shape index (κ1) is 14.0. The Kier molecular flexibility index (Phi) is 4.29. The molecular formula is C13H18N6O. The molecule has 2 heterocycles. The Morgan fingerprint density at radius 1 is 1.50 bits per heavy atom. The maximum Gasteiger partial charge on any atom is 0.270 e. The third-order valence-corrected chi connectivity index (χ3v) is 2.85. The van der Waals surface area contributed by atoms with Crippen molar-refractivity contribution in [1.82, 2.24) is 25.1 Å². The second kappa shape index (κ2) is 6.14. The summed E-state index contributed by atoms with van der Waals surface area (Å²) < 4.78 is 1.77. The van der Waals surface area contributed by atoms with E-state index < -0.39 is 0 Å². The molecule has 0 bridgehead atoms. The SMILES string of the molecule is CCNc1ccnc(C(=O)NC(C)c2nncn2C)c1. The summed E-state index contributed by atoms with van der Waals surface area (Å²) in [4.78, 5) is 16.2. The predicted molar refractivity (Wildman–Crippen MR) is 75.3 cm³/mol. The largest absolute Gasteiger partial charge is 0.385 e. The number of pyridine rings is 1. The van der Waals surface area contributed by atoms with E-state index in [1.54, 1.807) is 23.2 Å². The number of carbonyl (C=O) groups excluding carboxylic acids is 1. The molecule has 1 unspecified atom stereocenters. The van der Waals surface area contributed by atoms with E-state index in [9.17, 15) is 4.79 Å². The lowest BCUT2D eigenvalue weighted by Crippen LogP contribution is -2.29. The molecule has 0 saturated carbocycles. The van der Waals surface area contributed by atoms with Crippen LogP contribution in [0.1, 0.15) is 36.2 Å². The van der Waals surface area contributed by atoms with Gasteiger partial charge in [-0.3, -0.25) is 9.78 Å². The van der Waals surface area contributed by atoms with E-state index in [1.165, 1.54) is 0 Å². The van der Waals surface area contributed by atoms with Crippen LogP contribution in [0.2, 0.25) is 0 Å². The zero-order chi connectivity index (χ0) is 14.5. The van der Waals surface area contributed by atoms with Gasteiger partial charge < -0.3 is 15.2 Å². The van der Waals surface area contributed by atoms with Crippen LogP contribution in [0.15, 0.2) is 24.7 Å². The van der Waals surface area contributed by atoms with Gasteiger partial charge in [0.15, 0.2) is 5.82 Å². The van der Waals surface area contributed by atoms with Gasteiger partial charge in [-0.15, -0.1) is 10.2 Å². The lowest BCUT2D eigenvalue weighted by molar-refractivity contribution is 0.0933. The number of nitrogens with one attached hydrogen (secondary N) is 2. The molecule has 0 saturated heterocycles. The van der Waals surface area contributed by atoms with Crippen LogP contribution in [-0.4, -0.2) is 32.2 Å². The van der Waals surface area contributed by atoms with Gasteiger partial charge in [-0.1, -0.05) is 0 Å². The summed E-state index contributed by atoms with van der Waals surface area (Å²) in [5.74, 6) is 0.460. The Balaban J connectivity index is 2.08. The van der Waals surface area contributed by atoms with Gasteiger partial charge in [-0.2, -0.15) is 0 Å². The van der Waals surface area contributed by atoms with Gasteiger partial charge in [0.1, 0.15) is 12.0 Å². The average molecular weight is 274 g/mol. The first-order chi connectivity index (χ1) is 9.61. The lowest BCUT2D eigenvalue weighted by Gasteiger charge is -2.13. The fraction of sp³-hybridized carbons (Fsp3) is 0.385. The number of hydrogen-bond acceptors (Lipinski definition) is 5. The van der Waals surface area contributed by atoms with E-state index in [2.05, 4.69) is 25.8 Å². The van der Waals surface area contributed by atoms with Crippen molar-refractivity contribution >= 4 is 11.6 Å². The van der Waals surface area contributed by atoms with Crippen LogP contribution in [0.5, 0.6) is 0 Å². The van der Waals surface area contributed by atoms with E-state index in [0.29, 0.717) is 11.5 Å². The fourth-order valence-corrected chi connectivity index (χ4v) is 1.89. The monoisotopic (exact) mass is 274 g/mol. The molecule has 0 aromatic carbocycles. The van der Waals surface area contributed by atoms with Crippen molar-refractivity contribution in [3.8, 4) is 0 Å². The molecule has 1 amide bonds. The summed E-state index contributed by atoms with van der Waals surface area (Å²) in [5.41, 5.74) is 1.25. The number of aromatic nitrogens is 4. The average Bonchev–Trinajstić information content (AvgIpc) is 2.86.